The van der Waals surface area contributed by atoms with Crippen LogP contribution in [0.2, 0.25) is 0 Å². The van der Waals surface area contributed by atoms with E-state index in [0.717, 1.165) is 31.5 Å². The van der Waals surface area contributed by atoms with Gasteiger partial charge in [0.15, 0.2) is 0 Å². The number of benzene rings is 2. The molecule has 2 aliphatic rings. The molecule has 2 aromatic carbocycles. The van der Waals surface area contributed by atoms with Gasteiger partial charge < -0.3 is 15.1 Å². The summed E-state index contributed by atoms with van der Waals surface area (Å²) >= 11 is 0. The standard InChI is InChI=1S/C23H29N5O5S/c1-25-12-14-26(15-13-25)21-9-6-19(16-22(21)28(30)31)23(29)24-17-18-4-7-20(8-5-18)34(32,33)27-10-2-3-11-27/h4-9,16H,2-3,10-15,17H2,1H3,(H,24,29). The van der Waals surface area contributed by atoms with Crippen molar-refractivity contribution in [2.75, 3.05) is 51.2 Å². The maximum atomic E-state index is 12.7. The summed E-state index contributed by atoms with van der Waals surface area (Å²) in [6.07, 6.45) is 1.75. The summed E-state index contributed by atoms with van der Waals surface area (Å²) in [5, 5.41) is 14.4. The summed E-state index contributed by atoms with van der Waals surface area (Å²) in [7, 11) is -1.47. The van der Waals surface area contributed by atoms with Crippen molar-refractivity contribution in [3.8, 4) is 0 Å². The summed E-state index contributed by atoms with van der Waals surface area (Å²) < 4.78 is 26.8. The lowest BCUT2D eigenvalue weighted by atomic mass is 10.1. The number of nitrogens with one attached hydrogen (secondary N) is 1. The molecule has 0 atom stereocenters. The van der Waals surface area contributed by atoms with Gasteiger partial charge in [0.2, 0.25) is 10.0 Å². The summed E-state index contributed by atoms with van der Waals surface area (Å²) in [6, 6.07) is 11.0. The Hall–Kier alpha value is -3.02. The molecule has 0 spiro atoms. The number of anilines is 1. The van der Waals surface area contributed by atoms with Crippen molar-refractivity contribution in [3.63, 3.8) is 0 Å². The van der Waals surface area contributed by atoms with Gasteiger partial charge >= 0.3 is 0 Å². The van der Waals surface area contributed by atoms with Gasteiger partial charge in [-0.05, 0) is 49.7 Å². The Morgan fingerprint density at radius 2 is 1.65 bits per heavy atom. The van der Waals surface area contributed by atoms with Crippen molar-refractivity contribution in [1.29, 1.82) is 0 Å². The van der Waals surface area contributed by atoms with Crippen LogP contribution >= 0.6 is 0 Å². The van der Waals surface area contributed by atoms with Gasteiger partial charge in [-0.15, -0.1) is 0 Å². The van der Waals surface area contributed by atoms with Crippen LogP contribution in [0.25, 0.3) is 0 Å². The molecular formula is C23H29N5O5S. The monoisotopic (exact) mass is 487 g/mol. The molecule has 0 unspecified atom stereocenters. The quantitative estimate of drug-likeness (QED) is 0.469. The van der Waals surface area contributed by atoms with Gasteiger partial charge in [0.1, 0.15) is 5.69 Å². The lowest BCUT2D eigenvalue weighted by Crippen LogP contribution is -2.44. The molecule has 0 aromatic heterocycles. The number of piperazine rings is 1. The van der Waals surface area contributed by atoms with Crippen LogP contribution in [0.4, 0.5) is 11.4 Å². The second-order valence-corrected chi connectivity index (χ2v) is 10.6. The van der Waals surface area contributed by atoms with Crippen molar-refractivity contribution >= 4 is 27.3 Å². The number of carbonyl (C=O) groups is 1. The van der Waals surface area contributed by atoms with E-state index in [1.54, 1.807) is 36.4 Å². The Labute approximate surface area is 199 Å². The molecule has 10 nitrogen and oxygen atoms in total. The fraction of sp³-hybridized carbons (Fsp3) is 0.435. The minimum absolute atomic E-state index is 0.0892. The lowest BCUT2D eigenvalue weighted by molar-refractivity contribution is -0.384. The molecule has 2 aliphatic heterocycles. The molecule has 2 aromatic rings. The number of rotatable bonds is 7. The van der Waals surface area contributed by atoms with E-state index in [1.165, 1.54) is 10.4 Å². The maximum Gasteiger partial charge on any atom is 0.293 e. The average Bonchev–Trinajstić information content (AvgIpc) is 3.39. The zero-order valence-corrected chi connectivity index (χ0v) is 20.0. The predicted molar refractivity (Wildman–Crippen MR) is 128 cm³/mol. The number of likely N-dealkylation sites (N-methyl/N-ethyl adjacent to an activating group) is 1. The molecule has 1 amide bonds. The van der Waals surface area contributed by atoms with E-state index in [9.17, 15) is 23.3 Å². The van der Waals surface area contributed by atoms with Crippen molar-refractivity contribution in [2.45, 2.75) is 24.3 Å². The lowest BCUT2D eigenvalue weighted by Gasteiger charge is -2.33. The summed E-state index contributed by atoms with van der Waals surface area (Å²) in [5.74, 6) is -0.429. The molecule has 34 heavy (non-hydrogen) atoms. The van der Waals surface area contributed by atoms with Crippen molar-refractivity contribution < 1.29 is 18.1 Å². The second kappa shape index (κ2) is 10.1. The molecule has 0 radical (unpaired) electrons. The Morgan fingerprint density at radius 1 is 1.00 bits per heavy atom. The minimum Gasteiger partial charge on any atom is -0.363 e. The van der Waals surface area contributed by atoms with E-state index in [1.807, 2.05) is 11.9 Å². The Balaban J connectivity index is 1.41. The molecule has 4 rings (SSSR count). The zero-order valence-electron chi connectivity index (χ0n) is 19.1. The number of nitro groups is 1. The van der Waals surface area contributed by atoms with Crippen LogP contribution in [-0.4, -0.2) is 74.8 Å². The third kappa shape index (κ3) is 5.21. The fourth-order valence-corrected chi connectivity index (χ4v) is 5.78. The highest BCUT2D eigenvalue weighted by atomic mass is 32.2. The van der Waals surface area contributed by atoms with E-state index in [-0.39, 0.29) is 22.7 Å². The van der Waals surface area contributed by atoms with Crippen LogP contribution in [0.3, 0.4) is 0 Å². The fourth-order valence-electron chi connectivity index (χ4n) is 4.27. The molecule has 2 fully saturated rings. The number of hydrogen-bond acceptors (Lipinski definition) is 7. The molecule has 0 aliphatic carbocycles. The Bertz CT molecular complexity index is 1150. The zero-order chi connectivity index (χ0) is 24.3. The van der Waals surface area contributed by atoms with Gasteiger partial charge in [-0.3, -0.25) is 14.9 Å². The van der Waals surface area contributed by atoms with Crippen LogP contribution in [-0.2, 0) is 16.6 Å². The SMILES string of the molecule is CN1CCN(c2ccc(C(=O)NCc3ccc(S(=O)(=O)N4CCCC4)cc3)cc2[N+](=O)[O-])CC1. The third-order valence-electron chi connectivity index (χ3n) is 6.36. The smallest absolute Gasteiger partial charge is 0.293 e. The van der Waals surface area contributed by atoms with Crippen LogP contribution in [0.5, 0.6) is 0 Å². The topological polar surface area (TPSA) is 116 Å². The minimum atomic E-state index is -3.48. The number of sulfonamides is 1. The summed E-state index contributed by atoms with van der Waals surface area (Å²) in [4.78, 5) is 28.3. The number of carbonyl (C=O) groups excluding carboxylic acids is 1. The van der Waals surface area contributed by atoms with Gasteiger partial charge in [0, 0.05) is 57.4 Å². The first-order valence-corrected chi connectivity index (χ1v) is 12.8. The van der Waals surface area contributed by atoms with E-state index < -0.39 is 20.9 Å². The van der Waals surface area contributed by atoms with Crippen LogP contribution in [0.1, 0.15) is 28.8 Å². The normalized spacial score (nSPS) is 17.6. The molecule has 0 bridgehead atoms. The number of amides is 1. The van der Waals surface area contributed by atoms with Crippen molar-refractivity contribution in [1.82, 2.24) is 14.5 Å². The van der Waals surface area contributed by atoms with Crippen LogP contribution < -0.4 is 10.2 Å². The summed E-state index contributed by atoms with van der Waals surface area (Å²) in [5.41, 5.74) is 1.37. The Kier molecular flexibility index (Phi) is 7.15. The molecule has 2 saturated heterocycles. The van der Waals surface area contributed by atoms with Crippen molar-refractivity contribution in [2.24, 2.45) is 0 Å². The molecule has 0 saturated carbocycles. The number of nitro benzene ring substituents is 1. The third-order valence-corrected chi connectivity index (χ3v) is 8.27. The van der Waals surface area contributed by atoms with Gasteiger partial charge in [-0.25, -0.2) is 8.42 Å². The average molecular weight is 488 g/mol. The first-order valence-electron chi connectivity index (χ1n) is 11.3. The molecule has 182 valence electrons. The molecule has 1 N–H and O–H groups in total. The van der Waals surface area contributed by atoms with Crippen molar-refractivity contribution in [3.05, 3.63) is 63.7 Å². The van der Waals surface area contributed by atoms with Gasteiger partial charge in [-0.1, -0.05) is 12.1 Å². The van der Waals surface area contributed by atoms with Gasteiger partial charge in [0.25, 0.3) is 11.6 Å². The largest absolute Gasteiger partial charge is 0.363 e. The van der Waals surface area contributed by atoms with E-state index >= 15 is 0 Å². The Morgan fingerprint density at radius 3 is 2.26 bits per heavy atom. The number of nitrogens with zero attached hydrogens (tertiary/aromatic N) is 4. The highest BCUT2D eigenvalue weighted by Gasteiger charge is 2.27. The second-order valence-electron chi connectivity index (χ2n) is 8.69. The summed E-state index contributed by atoms with van der Waals surface area (Å²) in [6.45, 7) is 4.27. The highest BCUT2D eigenvalue weighted by molar-refractivity contribution is 7.89. The molecular weight excluding hydrogens is 458 g/mol. The van der Waals surface area contributed by atoms with E-state index in [2.05, 4.69) is 10.2 Å². The van der Waals surface area contributed by atoms with E-state index in [0.29, 0.717) is 31.9 Å². The first kappa shape index (κ1) is 24.1. The predicted octanol–water partition coefficient (Wildman–Crippen LogP) is 2.06. The van der Waals surface area contributed by atoms with E-state index in [4.69, 9.17) is 0 Å². The first-order chi connectivity index (χ1) is 16.3. The highest BCUT2D eigenvalue weighted by Crippen LogP contribution is 2.30. The van der Waals surface area contributed by atoms with Gasteiger partial charge in [0.05, 0.1) is 9.82 Å². The van der Waals surface area contributed by atoms with Crippen LogP contribution in [0, 0.1) is 10.1 Å². The van der Waals surface area contributed by atoms with Crippen LogP contribution in [0.15, 0.2) is 47.4 Å². The molecule has 11 heteroatoms. The van der Waals surface area contributed by atoms with Gasteiger partial charge in [-0.2, -0.15) is 4.31 Å². The molecule has 2 heterocycles. The number of hydrogen-bond donors (Lipinski definition) is 1. The maximum absolute atomic E-state index is 12.7.